The first-order chi connectivity index (χ1) is 19.0. The number of methoxy groups -OCH3 is 6. The first kappa shape index (κ1) is 30.0. The molecular weight excluding hydrogens is 553 g/mol. The molecule has 1 aliphatic rings. The summed E-state index contributed by atoms with van der Waals surface area (Å²) >= 11 is 4.92. The lowest BCUT2D eigenvalue weighted by Gasteiger charge is -2.17. The van der Waals surface area contributed by atoms with Crippen molar-refractivity contribution in [1.82, 2.24) is 0 Å². The first-order valence-corrected chi connectivity index (χ1v) is 15.4. The van der Waals surface area contributed by atoms with Gasteiger partial charge in [0.1, 0.15) is 17.2 Å². The fraction of sp³-hybridized carbons (Fsp3) is 0.400. The predicted octanol–water partition coefficient (Wildman–Crippen LogP) is 6.89. The van der Waals surface area contributed by atoms with Gasteiger partial charge < -0.3 is 28.4 Å². The van der Waals surface area contributed by atoms with Crippen LogP contribution in [0.3, 0.4) is 0 Å². The molecule has 9 heteroatoms. The van der Waals surface area contributed by atoms with E-state index in [0.717, 1.165) is 51.2 Å². The molecule has 0 bridgehead atoms. The summed E-state index contributed by atoms with van der Waals surface area (Å²) in [7, 11) is 10.3. The summed E-state index contributed by atoms with van der Waals surface area (Å²) in [4.78, 5) is 3.22. The molecule has 1 aliphatic carbocycles. The summed E-state index contributed by atoms with van der Waals surface area (Å²) in [6.07, 6.45) is 2.37. The average Bonchev–Trinajstić information content (AvgIpc) is 3.01. The van der Waals surface area contributed by atoms with Crippen LogP contribution in [0, 0.1) is 0 Å². The lowest BCUT2D eigenvalue weighted by Crippen LogP contribution is -2.02. The van der Waals surface area contributed by atoms with Gasteiger partial charge in [-0.3, -0.25) is 0 Å². The fourth-order valence-electron chi connectivity index (χ4n) is 4.72. The van der Waals surface area contributed by atoms with E-state index >= 15 is 0 Å². The molecule has 0 N–H and O–H groups in total. The summed E-state index contributed by atoms with van der Waals surface area (Å²) in [5, 5.41) is 0. The standard InChI is InChI=1S/C30H36O6S3/c1-31-16-37-28-13-22-7-20-11-26(35-5)30(39-18-33-3)15-24(20)9-21-12-27(36-6)29(38-17-32-2)14-23(21)8-19(22)10-25(28)34-4/h10-15H,7-9,16-18H2,1-6H3. The molecule has 0 radical (unpaired) electrons. The molecule has 0 spiro atoms. The molecule has 0 aliphatic heterocycles. The number of ether oxygens (including phenoxy) is 6. The van der Waals surface area contributed by atoms with Gasteiger partial charge in [-0.15, -0.1) is 0 Å². The maximum atomic E-state index is 5.82. The zero-order chi connectivity index (χ0) is 27.8. The highest BCUT2D eigenvalue weighted by molar-refractivity contribution is 7.99. The molecule has 0 fully saturated rings. The van der Waals surface area contributed by atoms with Gasteiger partial charge in [0.2, 0.25) is 0 Å². The Morgan fingerprint density at radius 2 is 0.692 bits per heavy atom. The van der Waals surface area contributed by atoms with Crippen LogP contribution in [0.15, 0.2) is 51.1 Å². The fourth-order valence-corrected chi connectivity index (χ4v) is 6.98. The molecule has 0 heterocycles. The maximum Gasteiger partial charge on any atom is 0.132 e. The molecule has 0 saturated carbocycles. The van der Waals surface area contributed by atoms with E-state index in [2.05, 4.69) is 36.4 Å². The molecule has 0 unspecified atom stereocenters. The van der Waals surface area contributed by atoms with Crippen molar-refractivity contribution >= 4 is 35.3 Å². The van der Waals surface area contributed by atoms with E-state index < -0.39 is 0 Å². The second-order valence-corrected chi connectivity index (χ2v) is 11.9. The third-order valence-corrected chi connectivity index (χ3v) is 9.55. The zero-order valence-corrected chi connectivity index (χ0v) is 25.8. The summed E-state index contributed by atoms with van der Waals surface area (Å²) in [5.41, 5.74) is 7.53. The molecule has 39 heavy (non-hydrogen) atoms. The third-order valence-electron chi connectivity index (χ3n) is 6.60. The van der Waals surface area contributed by atoms with Gasteiger partial charge in [-0.1, -0.05) is 35.3 Å². The van der Waals surface area contributed by atoms with Gasteiger partial charge in [-0.05, 0) is 89.0 Å². The van der Waals surface area contributed by atoms with Crippen LogP contribution in [-0.4, -0.2) is 60.5 Å². The van der Waals surface area contributed by atoms with Crippen LogP contribution < -0.4 is 14.2 Å². The van der Waals surface area contributed by atoms with Crippen LogP contribution in [0.25, 0.3) is 0 Å². The SMILES string of the molecule is COCSc1cc2c(cc1OC)Cc1cc(SCOC)c(OC)cc1Cc1cc(SCOC)c(OC)cc1C2. The van der Waals surface area contributed by atoms with E-state index in [1.165, 1.54) is 33.4 Å². The van der Waals surface area contributed by atoms with E-state index in [-0.39, 0.29) is 0 Å². The van der Waals surface area contributed by atoms with Crippen LogP contribution in [0.4, 0.5) is 0 Å². The number of hydrogen-bond acceptors (Lipinski definition) is 9. The Balaban J connectivity index is 1.93. The Morgan fingerprint density at radius 3 is 0.923 bits per heavy atom. The van der Waals surface area contributed by atoms with Gasteiger partial charge in [0.05, 0.1) is 53.8 Å². The van der Waals surface area contributed by atoms with Crippen molar-refractivity contribution < 1.29 is 28.4 Å². The average molecular weight is 589 g/mol. The normalized spacial score (nSPS) is 12.5. The topological polar surface area (TPSA) is 55.4 Å². The third kappa shape index (κ3) is 7.20. The predicted molar refractivity (Wildman–Crippen MR) is 161 cm³/mol. The summed E-state index contributed by atoms with van der Waals surface area (Å²) in [5.74, 6) is 4.27. The molecule has 0 atom stereocenters. The van der Waals surface area contributed by atoms with Crippen LogP contribution >= 0.6 is 35.3 Å². The minimum Gasteiger partial charge on any atom is -0.496 e. The molecule has 6 nitrogen and oxygen atoms in total. The summed E-state index contributed by atoms with van der Waals surface area (Å²) in [6, 6.07) is 13.3. The quantitative estimate of drug-likeness (QED) is 0.130. The number of hydrogen-bond donors (Lipinski definition) is 0. The highest BCUT2D eigenvalue weighted by atomic mass is 32.2. The Bertz CT molecular complexity index is 1120. The number of rotatable bonds is 12. The van der Waals surface area contributed by atoms with Crippen molar-refractivity contribution in [3.05, 3.63) is 69.8 Å². The second-order valence-electron chi connectivity index (χ2n) is 9.00. The number of thioether (sulfide) groups is 3. The van der Waals surface area contributed by atoms with Crippen LogP contribution in [0.5, 0.6) is 17.2 Å². The van der Waals surface area contributed by atoms with Crippen molar-refractivity contribution in [3.8, 4) is 17.2 Å². The van der Waals surface area contributed by atoms with Gasteiger partial charge in [0, 0.05) is 21.3 Å². The van der Waals surface area contributed by atoms with Crippen molar-refractivity contribution in [2.24, 2.45) is 0 Å². The Hall–Kier alpha value is -2.01. The second kappa shape index (κ2) is 14.6. The van der Waals surface area contributed by atoms with Gasteiger partial charge in [-0.25, -0.2) is 0 Å². The van der Waals surface area contributed by atoms with Crippen molar-refractivity contribution in [2.45, 2.75) is 33.9 Å². The van der Waals surface area contributed by atoms with Crippen molar-refractivity contribution in [3.63, 3.8) is 0 Å². The van der Waals surface area contributed by atoms with E-state index in [0.29, 0.717) is 17.8 Å². The number of fused-ring (bicyclic) bond motifs is 3. The van der Waals surface area contributed by atoms with Gasteiger partial charge in [0.15, 0.2) is 0 Å². The molecule has 210 valence electrons. The molecule has 0 saturated heterocycles. The van der Waals surface area contributed by atoms with Gasteiger partial charge in [0.25, 0.3) is 0 Å². The Labute approximate surface area is 244 Å². The van der Waals surface area contributed by atoms with Crippen molar-refractivity contribution in [1.29, 1.82) is 0 Å². The van der Waals surface area contributed by atoms with E-state index in [9.17, 15) is 0 Å². The lowest BCUT2D eigenvalue weighted by atomic mass is 9.94. The van der Waals surface area contributed by atoms with E-state index in [1.807, 2.05) is 0 Å². The molecule has 0 aromatic heterocycles. The first-order valence-electron chi connectivity index (χ1n) is 12.5. The minimum absolute atomic E-state index is 0.558. The largest absolute Gasteiger partial charge is 0.496 e. The van der Waals surface area contributed by atoms with Gasteiger partial charge >= 0.3 is 0 Å². The molecule has 3 aromatic carbocycles. The Morgan fingerprint density at radius 1 is 0.436 bits per heavy atom. The van der Waals surface area contributed by atoms with Crippen LogP contribution in [0.1, 0.15) is 33.4 Å². The highest BCUT2D eigenvalue weighted by Crippen LogP contribution is 2.41. The summed E-state index contributed by atoms with van der Waals surface area (Å²) < 4.78 is 33.5. The lowest BCUT2D eigenvalue weighted by molar-refractivity contribution is 0.258. The van der Waals surface area contributed by atoms with E-state index in [4.69, 9.17) is 28.4 Å². The van der Waals surface area contributed by atoms with Crippen molar-refractivity contribution in [2.75, 3.05) is 60.5 Å². The van der Waals surface area contributed by atoms with Gasteiger partial charge in [-0.2, -0.15) is 0 Å². The zero-order valence-electron chi connectivity index (χ0n) is 23.4. The molecule has 4 rings (SSSR count). The summed E-state index contributed by atoms with van der Waals surface area (Å²) in [6.45, 7) is 0. The maximum absolute atomic E-state index is 5.82. The minimum atomic E-state index is 0.558. The number of benzene rings is 3. The molecular formula is C30H36O6S3. The Kier molecular flexibility index (Phi) is 11.2. The van der Waals surface area contributed by atoms with E-state index in [1.54, 1.807) is 77.9 Å². The molecule has 3 aromatic rings. The van der Waals surface area contributed by atoms with Crippen LogP contribution in [0.2, 0.25) is 0 Å². The van der Waals surface area contributed by atoms with Crippen LogP contribution in [-0.2, 0) is 33.5 Å². The highest BCUT2D eigenvalue weighted by Gasteiger charge is 2.22. The molecule has 0 amide bonds. The monoisotopic (exact) mass is 588 g/mol. The smallest absolute Gasteiger partial charge is 0.132 e.